The van der Waals surface area contributed by atoms with Crippen LogP contribution in [-0.4, -0.2) is 22.8 Å². The molecule has 0 aliphatic rings. The van der Waals surface area contributed by atoms with Crippen molar-refractivity contribution in [3.63, 3.8) is 0 Å². The van der Waals surface area contributed by atoms with Gasteiger partial charge in [-0.25, -0.2) is 0 Å². The van der Waals surface area contributed by atoms with Crippen LogP contribution < -0.4 is 29.6 Å². The smallest absolute Gasteiger partial charge is 1.00 e. The van der Waals surface area contributed by atoms with E-state index < -0.39 is 11.4 Å². The van der Waals surface area contributed by atoms with Gasteiger partial charge in [0.15, 0.2) is 0 Å². The molecule has 0 aliphatic carbocycles. The molecule has 0 fully saturated rings. The normalized spacial score (nSPS) is 10.1. The fraction of sp³-hybridized carbons (Fsp3) is 0.800. The third kappa shape index (κ3) is 3.92. The summed E-state index contributed by atoms with van der Waals surface area (Å²) in [6, 6.07) is 0. The van der Waals surface area contributed by atoms with Crippen molar-refractivity contribution in [3.05, 3.63) is 0 Å². The number of hydrogen-bond acceptors (Lipinski definition) is 2. The SMILES string of the molecule is CC(C)(CO)C(=O)O.[H-].[Na+]. The van der Waals surface area contributed by atoms with Gasteiger partial charge in [0.25, 0.3) is 0 Å². The summed E-state index contributed by atoms with van der Waals surface area (Å²) in [6.45, 7) is 2.62. The molecule has 0 aromatic heterocycles. The number of aliphatic carboxylic acids is 1. The van der Waals surface area contributed by atoms with Crippen LogP contribution in [0.3, 0.4) is 0 Å². The molecule has 0 atom stereocenters. The molecule has 3 nitrogen and oxygen atoms in total. The van der Waals surface area contributed by atoms with E-state index in [1.165, 1.54) is 13.8 Å². The molecular weight excluding hydrogens is 131 g/mol. The summed E-state index contributed by atoms with van der Waals surface area (Å²) in [4.78, 5) is 10.1. The molecule has 50 valence electrons. The number of carboxylic acid groups (broad SMARTS) is 1. The van der Waals surface area contributed by atoms with Gasteiger partial charge in [0.2, 0.25) is 0 Å². The number of carbonyl (C=O) groups is 1. The van der Waals surface area contributed by atoms with Crippen LogP contribution in [0.5, 0.6) is 0 Å². The maximum absolute atomic E-state index is 10.1. The van der Waals surface area contributed by atoms with Crippen molar-refractivity contribution in [2.45, 2.75) is 13.8 Å². The van der Waals surface area contributed by atoms with Crippen LogP contribution in [0.2, 0.25) is 0 Å². The van der Waals surface area contributed by atoms with E-state index in [0.29, 0.717) is 0 Å². The number of carboxylic acids is 1. The number of rotatable bonds is 2. The topological polar surface area (TPSA) is 57.5 Å². The summed E-state index contributed by atoms with van der Waals surface area (Å²) in [6.07, 6.45) is 0. The van der Waals surface area contributed by atoms with E-state index in [4.69, 9.17) is 10.2 Å². The fourth-order valence-corrected chi connectivity index (χ4v) is 0.0676. The van der Waals surface area contributed by atoms with Gasteiger partial charge in [-0.05, 0) is 13.8 Å². The van der Waals surface area contributed by atoms with Gasteiger partial charge in [0.05, 0.1) is 12.0 Å². The van der Waals surface area contributed by atoms with Gasteiger partial charge >= 0.3 is 35.5 Å². The molecular formula is C5H11NaO3. The van der Waals surface area contributed by atoms with Crippen LogP contribution in [0.25, 0.3) is 0 Å². The average Bonchev–Trinajstić information content (AvgIpc) is 1.67. The standard InChI is InChI=1S/C5H10O3.Na.H/c1-5(2,3-6)4(7)8;;/h6H,3H2,1-2H3,(H,7,8);;/q;+1;-1. The van der Waals surface area contributed by atoms with Crippen LogP contribution in [0.1, 0.15) is 15.3 Å². The van der Waals surface area contributed by atoms with Gasteiger partial charge in [0, 0.05) is 0 Å². The Balaban J connectivity index is -0.000000245. The number of aliphatic hydroxyl groups excluding tert-OH is 1. The van der Waals surface area contributed by atoms with Crippen LogP contribution >= 0.6 is 0 Å². The van der Waals surface area contributed by atoms with Gasteiger partial charge in [-0.3, -0.25) is 4.79 Å². The Morgan fingerprint density at radius 3 is 2.00 bits per heavy atom. The first-order chi connectivity index (χ1) is 3.50. The minimum absolute atomic E-state index is 0. The molecule has 0 aromatic carbocycles. The Labute approximate surface area is 77.8 Å². The predicted molar refractivity (Wildman–Crippen MR) is 29.6 cm³/mol. The zero-order valence-electron chi connectivity index (χ0n) is 7.01. The van der Waals surface area contributed by atoms with E-state index in [0.717, 1.165) is 0 Å². The van der Waals surface area contributed by atoms with Crippen molar-refractivity contribution in [2.24, 2.45) is 5.41 Å². The third-order valence-corrected chi connectivity index (χ3v) is 0.974. The van der Waals surface area contributed by atoms with E-state index in [1.54, 1.807) is 0 Å². The van der Waals surface area contributed by atoms with Gasteiger partial charge in [-0.15, -0.1) is 0 Å². The van der Waals surface area contributed by atoms with E-state index in [1.807, 2.05) is 0 Å². The van der Waals surface area contributed by atoms with Crippen LogP contribution in [0, 0.1) is 5.41 Å². The Kier molecular flexibility index (Phi) is 5.77. The fourth-order valence-electron chi connectivity index (χ4n) is 0.0676. The second-order valence-corrected chi connectivity index (χ2v) is 2.35. The molecule has 0 saturated heterocycles. The molecule has 0 aromatic rings. The Morgan fingerprint density at radius 2 is 2.00 bits per heavy atom. The van der Waals surface area contributed by atoms with Crippen molar-refractivity contribution < 1.29 is 46.0 Å². The second-order valence-electron chi connectivity index (χ2n) is 2.35. The van der Waals surface area contributed by atoms with Gasteiger partial charge in [-0.2, -0.15) is 0 Å². The molecule has 4 heteroatoms. The molecule has 0 radical (unpaired) electrons. The molecule has 0 spiro atoms. The summed E-state index contributed by atoms with van der Waals surface area (Å²) in [5, 5.41) is 16.7. The first-order valence-corrected chi connectivity index (χ1v) is 2.35. The summed E-state index contributed by atoms with van der Waals surface area (Å²) >= 11 is 0. The predicted octanol–water partition coefficient (Wildman–Crippen LogP) is -2.79. The summed E-state index contributed by atoms with van der Waals surface area (Å²) in [5.74, 6) is -0.972. The molecule has 0 heterocycles. The summed E-state index contributed by atoms with van der Waals surface area (Å²) < 4.78 is 0. The van der Waals surface area contributed by atoms with Gasteiger partial charge in [0.1, 0.15) is 0 Å². The molecule has 0 amide bonds. The molecule has 9 heavy (non-hydrogen) atoms. The van der Waals surface area contributed by atoms with Crippen molar-refractivity contribution in [2.75, 3.05) is 6.61 Å². The molecule has 0 aliphatic heterocycles. The van der Waals surface area contributed by atoms with E-state index in [-0.39, 0.29) is 37.6 Å². The van der Waals surface area contributed by atoms with Crippen molar-refractivity contribution in [1.82, 2.24) is 0 Å². The summed E-state index contributed by atoms with van der Waals surface area (Å²) in [7, 11) is 0. The minimum Gasteiger partial charge on any atom is -1.00 e. The van der Waals surface area contributed by atoms with E-state index >= 15 is 0 Å². The average molecular weight is 142 g/mol. The molecule has 0 rings (SSSR count). The van der Waals surface area contributed by atoms with E-state index in [9.17, 15) is 4.79 Å². The van der Waals surface area contributed by atoms with Crippen LogP contribution in [0.4, 0.5) is 0 Å². The Hall–Kier alpha value is 0.430. The maximum Gasteiger partial charge on any atom is 1.00 e. The van der Waals surface area contributed by atoms with Crippen molar-refractivity contribution in [3.8, 4) is 0 Å². The second kappa shape index (κ2) is 4.28. The number of hydrogen-bond donors (Lipinski definition) is 2. The van der Waals surface area contributed by atoms with Crippen LogP contribution in [0.15, 0.2) is 0 Å². The first-order valence-electron chi connectivity index (χ1n) is 2.35. The zero-order chi connectivity index (χ0) is 6.78. The Morgan fingerprint density at radius 1 is 1.67 bits per heavy atom. The van der Waals surface area contributed by atoms with Gasteiger partial charge in [-0.1, -0.05) is 0 Å². The van der Waals surface area contributed by atoms with Crippen molar-refractivity contribution >= 4 is 5.97 Å². The van der Waals surface area contributed by atoms with Crippen molar-refractivity contribution in [1.29, 1.82) is 0 Å². The molecule has 0 saturated carbocycles. The largest absolute Gasteiger partial charge is 1.00 e. The van der Waals surface area contributed by atoms with Crippen LogP contribution in [-0.2, 0) is 4.79 Å². The molecule has 0 bridgehead atoms. The minimum atomic E-state index is -0.986. The monoisotopic (exact) mass is 142 g/mol. The first kappa shape index (κ1) is 12.1. The zero-order valence-corrected chi connectivity index (χ0v) is 8.01. The number of aliphatic hydroxyl groups is 1. The Bertz CT molecular complexity index is 105. The van der Waals surface area contributed by atoms with E-state index in [2.05, 4.69) is 0 Å². The maximum atomic E-state index is 10.1. The molecule has 2 N–H and O–H groups in total. The third-order valence-electron chi connectivity index (χ3n) is 0.974. The van der Waals surface area contributed by atoms with Gasteiger partial charge < -0.3 is 11.6 Å². The summed E-state index contributed by atoms with van der Waals surface area (Å²) in [5.41, 5.74) is -0.986. The quantitative estimate of drug-likeness (QED) is 0.410. The molecule has 0 unspecified atom stereocenters.